The Morgan fingerprint density at radius 1 is 0.964 bits per heavy atom. The van der Waals surface area contributed by atoms with Crippen molar-refractivity contribution in [3.8, 4) is 5.75 Å². The number of fused-ring (bicyclic) bond motifs is 2. The van der Waals surface area contributed by atoms with Crippen molar-refractivity contribution in [3.63, 3.8) is 0 Å². The molecule has 3 aromatic carbocycles. The number of nitrogens with one attached hydrogen (secondary N) is 1. The molecule has 28 heavy (non-hydrogen) atoms. The van der Waals surface area contributed by atoms with Crippen molar-refractivity contribution in [2.24, 2.45) is 0 Å². The van der Waals surface area contributed by atoms with Crippen LogP contribution in [0.3, 0.4) is 0 Å². The minimum absolute atomic E-state index is 0.108. The molecule has 4 nitrogen and oxygen atoms in total. The van der Waals surface area contributed by atoms with Crippen molar-refractivity contribution in [2.75, 3.05) is 7.11 Å². The van der Waals surface area contributed by atoms with E-state index in [2.05, 4.69) is 40.6 Å². The number of carbonyl (C=O) groups excluding carboxylic acids is 1. The quantitative estimate of drug-likeness (QED) is 0.537. The van der Waals surface area contributed by atoms with Crippen molar-refractivity contribution < 1.29 is 9.53 Å². The zero-order valence-electron chi connectivity index (χ0n) is 16.2. The van der Waals surface area contributed by atoms with Crippen molar-refractivity contribution >= 4 is 27.6 Å². The van der Waals surface area contributed by atoms with Crippen LogP contribution in [0.15, 0.2) is 66.7 Å². The van der Waals surface area contributed by atoms with E-state index in [0.29, 0.717) is 11.3 Å². The number of aryl methyl sites for hydroxylation is 1. The molecule has 0 fully saturated rings. The van der Waals surface area contributed by atoms with Crippen molar-refractivity contribution in [1.29, 1.82) is 0 Å². The highest BCUT2D eigenvalue weighted by Gasteiger charge is 2.16. The maximum Gasteiger partial charge on any atom is 0.253 e. The average molecular weight is 370 g/mol. The molecule has 0 spiro atoms. The highest BCUT2D eigenvalue weighted by molar-refractivity contribution is 5.99. The Hall–Kier alpha value is -3.40. The van der Waals surface area contributed by atoms with Crippen LogP contribution in [0.25, 0.3) is 21.7 Å². The third kappa shape index (κ3) is 3.41. The molecular weight excluding hydrogens is 348 g/mol. The fourth-order valence-corrected chi connectivity index (χ4v) is 3.43. The summed E-state index contributed by atoms with van der Waals surface area (Å²) in [7, 11) is 1.63. The number of ether oxygens (including phenoxy) is 1. The van der Waals surface area contributed by atoms with Gasteiger partial charge in [0.2, 0.25) is 0 Å². The van der Waals surface area contributed by atoms with E-state index in [1.807, 2.05) is 50.2 Å². The highest BCUT2D eigenvalue weighted by atomic mass is 16.5. The summed E-state index contributed by atoms with van der Waals surface area (Å²) in [5, 5.41) is 6.37. The number of pyridine rings is 1. The van der Waals surface area contributed by atoms with Crippen LogP contribution >= 0.6 is 0 Å². The second-order valence-electron chi connectivity index (χ2n) is 6.98. The molecule has 4 aromatic rings. The van der Waals surface area contributed by atoms with E-state index in [4.69, 9.17) is 4.74 Å². The normalized spacial score (nSPS) is 12.1. The fourth-order valence-electron chi connectivity index (χ4n) is 3.43. The first-order valence-corrected chi connectivity index (χ1v) is 9.30. The third-order valence-electron chi connectivity index (χ3n) is 5.08. The summed E-state index contributed by atoms with van der Waals surface area (Å²) in [6.07, 6.45) is 0. The van der Waals surface area contributed by atoms with Crippen molar-refractivity contribution in [1.82, 2.24) is 10.3 Å². The summed E-state index contributed by atoms with van der Waals surface area (Å²) in [4.78, 5) is 17.5. The lowest BCUT2D eigenvalue weighted by Crippen LogP contribution is -2.27. The molecule has 1 heterocycles. The number of aromatic nitrogens is 1. The maximum atomic E-state index is 12.9. The Morgan fingerprint density at radius 2 is 1.71 bits per heavy atom. The molecule has 1 amide bonds. The molecule has 4 heteroatoms. The third-order valence-corrected chi connectivity index (χ3v) is 5.08. The van der Waals surface area contributed by atoms with Gasteiger partial charge in [0.25, 0.3) is 5.91 Å². The van der Waals surface area contributed by atoms with Gasteiger partial charge in [-0.05, 0) is 54.4 Å². The van der Waals surface area contributed by atoms with Crippen molar-refractivity contribution in [3.05, 3.63) is 83.6 Å². The predicted octanol–water partition coefficient (Wildman–Crippen LogP) is 5.20. The number of rotatable bonds is 4. The molecule has 4 rings (SSSR count). The number of hydrogen-bond donors (Lipinski definition) is 1. The monoisotopic (exact) mass is 370 g/mol. The summed E-state index contributed by atoms with van der Waals surface area (Å²) >= 11 is 0. The molecule has 1 N–H and O–H groups in total. The lowest BCUT2D eigenvalue weighted by molar-refractivity contribution is 0.0939. The Morgan fingerprint density at radius 3 is 2.50 bits per heavy atom. The minimum Gasteiger partial charge on any atom is -0.497 e. The van der Waals surface area contributed by atoms with E-state index in [1.54, 1.807) is 7.11 Å². The molecule has 0 aliphatic heterocycles. The van der Waals surface area contributed by atoms with Crippen molar-refractivity contribution in [2.45, 2.75) is 19.9 Å². The van der Waals surface area contributed by atoms with Gasteiger partial charge in [-0.15, -0.1) is 0 Å². The van der Waals surface area contributed by atoms with Gasteiger partial charge in [-0.25, -0.2) is 0 Å². The van der Waals surface area contributed by atoms with Gasteiger partial charge in [0, 0.05) is 11.5 Å². The number of benzene rings is 3. The van der Waals surface area contributed by atoms with Gasteiger partial charge >= 0.3 is 0 Å². The smallest absolute Gasteiger partial charge is 0.253 e. The van der Waals surface area contributed by atoms with E-state index < -0.39 is 0 Å². The molecule has 1 atom stereocenters. The fraction of sp³-hybridized carbons (Fsp3) is 0.167. The van der Waals surface area contributed by atoms with Crippen LogP contribution in [-0.4, -0.2) is 18.0 Å². The summed E-state index contributed by atoms with van der Waals surface area (Å²) in [6.45, 7) is 3.85. The van der Waals surface area contributed by atoms with Gasteiger partial charge in [0.05, 0.1) is 29.9 Å². The molecule has 0 aliphatic carbocycles. The lowest BCUT2D eigenvalue weighted by Gasteiger charge is -2.16. The second kappa shape index (κ2) is 7.31. The van der Waals surface area contributed by atoms with E-state index in [-0.39, 0.29) is 11.9 Å². The van der Waals surface area contributed by atoms with E-state index in [9.17, 15) is 4.79 Å². The van der Waals surface area contributed by atoms with Crippen LogP contribution in [-0.2, 0) is 0 Å². The van der Waals surface area contributed by atoms with E-state index in [1.165, 1.54) is 10.8 Å². The average Bonchev–Trinajstić information content (AvgIpc) is 2.72. The molecule has 0 aliphatic rings. The molecule has 140 valence electrons. The van der Waals surface area contributed by atoms with Gasteiger partial charge < -0.3 is 10.1 Å². The van der Waals surface area contributed by atoms with Gasteiger partial charge in [0.1, 0.15) is 5.75 Å². The molecule has 1 unspecified atom stereocenters. The molecular formula is C24H22N2O2. The Labute approximate surface area is 164 Å². The second-order valence-corrected chi connectivity index (χ2v) is 6.98. The lowest BCUT2D eigenvalue weighted by atomic mass is 10.0. The standard InChI is InChI=1S/C24H22N2O2/c1-15(18-9-8-17-6-4-5-7-19(17)12-18)26-24(27)22-13-20-10-11-21(28-3)14-23(20)25-16(22)2/h4-15H,1-3H3,(H,26,27). The zero-order chi connectivity index (χ0) is 19.7. The highest BCUT2D eigenvalue weighted by Crippen LogP contribution is 2.23. The Kier molecular flexibility index (Phi) is 4.70. The summed E-state index contributed by atoms with van der Waals surface area (Å²) in [5.74, 6) is 0.630. The van der Waals surface area contributed by atoms with Crippen LogP contribution in [0, 0.1) is 6.92 Å². The van der Waals surface area contributed by atoms with Crippen LogP contribution in [0.5, 0.6) is 5.75 Å². The van der Waals surface area contributed by atoms with Crippen LogP contribution in [0.4, 0.5) is 0 Å². The number of methoxy groups -OCH3 is 1. The van der Waals surface area contributed by atoms with Gasteiger partial charge in [-0.2, -0.15) is 0 Å². The summed E-state index contributed by atoms with van der Waals surface area (Å²) in [5.41, 5.74) is 3.17. The number of hydrogen-bond acceptors (Lipinski definition) is 3. The van der Waals surface area contributed by atoms with Crippen LogP contribution in [0.1, 0.15) is 34.6 Å². The molecule has 0 saturated heterocycles. The van der Waals surface area contributed by atoms with Crippen LogP contribution < -0.4 is 10.1 Å². The summed E-state index contributed by atoms with van der Waals surface area (Å²) in [6, 6.07) is 21.9. The first-order chi connectivity index (χ1) is 13.5. The van der Waals surface area contributed by atoms with Gasteiger partial charge in [-0.3, -0.25) is 9.78 Å². The predicted molar refractivity (Wildman–Crippen MR) is 113 cm³/mol. The molecule has 0 radical (unpaired) electrons. The van der Waals surface area contributed by atoms with Gasteiger partial charge in [0.15, 0.2) is 0 Å². The van der Waals surface area contributed by atoms with E-state index >= 15 is 0 Å². The largest absolute Gasteiger partial charge is 0.497 e. The molecule has 0 saturated carbocycles. The van der Waals surface area contributed by atoms with E-state index in [0.717, 1.165) is 22.2 Å². The Balaban J connectivity index is 1.60. The number of amides is 1. The molecule has 1 aromatic heterocycles. The zero-order valence-corrected chi connectivity index (χ0v) is 16.2. The first kappa shape index (κ1) is 18.0. The van der Waals surface area contributed by atoms with Gasteiger partial charge in [-0.1, -0.05) is 36.4 Å². The maximum absolute atomic E-state index is 12.9. The SMILES string of the molecule is COc1ccc2cc(C(=O)NC(C)c3ccc4ccccc4c3)c(C)nc2c1. The first-order valence-electron chi connectivity index (χ1n) is 9.30. The topological polar surface area (TPSA) is 51.2 Å². The van der Waals surface area contributed by atoms with Crippen LogP contribution in [0.2, 0.25) is 0 Å². The number of carbonyl (C=O) groups is 1. The molecule has 0 bridgehead atoms. The Bertz CT molecular complexity index is 1180. The minimum atomic E-state index is -0.122. The summed E-state index contributed by atoms with van der Waals surface area (Å²) < 4.78 is 5.25. The number of nitrogens with zero attached hydrogens (tertiary/aromatic N) is 1.